The van der Waals surface area contributed by atoms with Gasteiger partial charge in [-0.1, -0.05) is 0 Å². The zero-order chi connectivity index (χ0) is 8.72. The minimum absolute atomic E-state index is 0.755. The summed E-state index contributed by atoms with van der Waals surface area (Å²) in [5.74, 6) is 0. The maximum Gasteiger partial charge on any atom is 0.170 e. The van der Waals surface area contributed by atoms with Gasteiger partial charge in [0.25, 0.3) is 0 Å². The molecule has 2 aromatic heterocycles. The van der Waals surface area contributed by atoms with Gasteiger partial charge >= 0.3 is 0 Å². The van der Waals surface area contributed by atoms with E-state index < -0.39 is 0 Å². The average molecular weight is 291 g/mol. The minimum Gasteiger partial charge on any atom is -0.299 e. The lowest BCUT2D eigenvalue weighted by Crippen LogP contribution is -1.95. The van der Waals surface area contributed by atoms with E-state index in [1.165, 1.54) is 0 Å². The first-order valence-electron chi connectivity index (χ1n) is 3.35. The van der Waals surface area contributed by atoms with Crippen molar-refractivity contribution >= 4 is 37.5 Å². The predicted octanol–water partition coefficient (Wildman–Crippen LogP) is 2.56. The molecule has 2 aromatic rings. The Morgan fingerprint density at radius 3 is 2.83 bits per heavy atom. The number of fused-ring (bicyclic) bond motifs is 1. The molecule has 0 N–H and O–H groups in total. The van der Waals surface area contributed by atoms with Crippen molar-refractivity contribution in [2.75, 3.05) is 0 Å². The number of halogens is 2. The zero-order valence-corrected chi connectivity index (χ0v) is 9.42. The smallest absolute Gasteiger partial charge is 0.170 e. The van der Waals surface area contributed by atoms with Gasteiger partial charge in [-0.25, -0.2) is 9.97 Å². The lowest BCUT2D eigenvalue weighted by atomic mass is 10.5. The summed E-state index contributed by atoms with van der Waals surface area (Å²) in [4.78, 5) is 8.38. The van der Waals surface area contributed by atoms with Gasteiger partial charge in [-0.15, -0.1) is 0 Å². The van der Waals surface area contributed by atoms with E-state index in [0.29, 0.717) is 0 Å². The monoisotopic (exact) mass is 289 g/mol. The molecule has 0 atom stereocenters. The fraction of sp³-hybridized carbons (Fsp3) is 0.143. The maximum atomic E-state index is 4.22. The minimum atomic E-state index is 0.755. The fourth-order valence-electron chi connectivity index (χ4n) is 1.04. The molecule has 0 saturated carbocycles. The number of hydrogen-bond acceptors (Lipinski definition) is 2. The highest BCUT2D eigenvalue weighted by Gasteiger charge is 2.06. The third-order valence-electron chi connectivity index (χ3n) is 1.68. The molecule has 2 rings (SSSR count). The molecule has 0 fully saturated rings. The van der Waals surface area contributed by atoms with E-state index in [0.717, 1.165) is 20.5 Å². The summed E-state index contributed by atoms with van der Waals surface area (Å²) in [5.41, 5.74) is 1.89. The summed E-state index contributed by atoms with van der Waals surface area (Å²) in [6.07, 6.45) is 3.66. The molecule has 0 amide bonds. The Morgan fingerprint density at radius 2 is 2.08 bits per heavy atom. The van der Waals surface area contributed by atoms with Crippen molar-refractivity contribution in [2.24, 2.45) is 0 Å². The van der Waals surface area contributed by atoms with Gasteiger partial charge in [-0.2, -0.15) is 0 Å². The van der Waals surface area contributed by atoms with Gasteiger partial charge in [0.05, 0.1) is 5.69 Å². The number of imidazole rings is 1. The first-order chi connectivity index (χ1) is 5.70. The molecule has 0 bridgehead atoms. The molecule has 0 aliphatic carbocycles. The SMILES string of the molecule is Cc1c(Br)nc(Br)c2nccn12. The lowest BCUT2D eigenvalue weighted by molar-refractivity contribution is 1.01. The molecule has 0 unspecified atom stereocenters. The van der Waals surface area contributed by atoms with Crippen molar-refractivity contribution < 1.29 is 0 Å². The fourth-order valence-corrected chi connectivity index (χ4v) is 2.12. The van der Waals surface area contributed by atoms with Gasteiger partial charge in [0.15, 0.2) is 10.3 Å². The van der Waals surface area contributed by atoms with Crippen molar-refractivity contribution in [2.45, 2.75) is 6.92 Å². The molecular formula is C7H5Br2N3. The van der Waals surface area contributed by atoms with Gasteiger partial charge in [0.2, 0.25) is 0 Å². The third-order valence-corrected chi connectivity index (χ3v) is 2.96. The standard InChI is InChI=1S/C7H5Br2N3/c1-4-5(8)11-6(9)7-10-2-3-12(4)7/h2-3H,1H3. The van der Waals surface area contributed by atoms with E-state index in [9.17, 15) is 0 Å². The van der Waals surface area contributed by atoms with E-state index in [2.05, 4.69) is 41.8 Å². The second-order valence-electron chi connectivity index (χ2n) is 2.40. The molecule has 0 saturated heterocycles. The van der Waals surface area contributed by atoms with Gasteiger partial charge in [0, 0.05) is 12.4 Å². The Bertz CT molecular complexity index is 435. The predicted molar refractivity (Wildman–Crippen MR) is 53.1 cm³/mol. The Labute approximate surface area is 86.1 Å². The second-order valence-corrected chi connectivity index (χ2v) is 3.90. The van der Waals surface area contributed by atoms with Crippen molar-refractivity contribution in [3.05, 3.63) is 27.3 Å². The largest absolute Gasteiger partial charge is 0.299 e. The Kier molecular flexibility index (Phi) is 1.92. The summed E-state index contributed by atoms with van der Waals surface area (Å²) in [6, 6.07) is 0. The quantitative estimate of drug-likeness (QED) is 0.746. The highest BCUT2D eigenvalue weighted by Crippen LogP contribution is 2.20. The molecule has 0 aromatic carbocycles. The van der Waals surface area contributed by atoms with Crippen LogP contribution in [0.25, 0.3) is 5.65 Å². The molecule has 5 heteroatoms. The number of aromatic nitrogens is 3. The van der Waals surface area contributed by atoms with Gasteiger partial charge in [-0.3, -0.25) is 4.40 Å². The van der Waals surface area contributed by atoms with E-state index in [4.69, 9.17) is 0 Å². The summed E-state index contributed by atoms with van der Waals surface area (Å²) >= 11 is 6.70. The molecule has 0 aliphatic heterocycles. The highest BCUT2D eigenvalue weighted by atomic mass is 79.9. The molecule has 3 nitrogen and oxygen atoms in total. The Balaban J connectivity index is 2.97. The van der Waals surface area contributed by atoms with E-state index >= 15 is 0 Å². The van der Waals surface area contributed by atoms with Crippen LogP contribution in [0.1, 0.15) is 5.69 Å². The highest BCUT2D eigenvalue weighted by molar-refractivity contribution is 9.11. The average Bonchev–Trinajstić information content (AvgIpc) is 2.48. The first-order valence-corrected chi connectivity index (χ1v) is 4.93. The van der Waals surface area contributed by atoms with Gasteiger partial charge in [-0.05, 0) is 38.8 Å². The van der Waals surface area contributed by atoms with Gasteiger partial charge < -0.3 is 0 Å². The number of hydrogen-bond donors (Lipinski definition) is 0. The van der Waals surface area contributed by atoms with Crippen LogP contribution in [0.3, 0.4) is 0 Å². The topological polar surface area (TPSA) is 30.2 Å². The molecule has 2 heterocycles. The summed E-state index contributed by atoms with van der Waals surface area (Å²) in [5, 5.41) is 0. The molecule has 0 aliphatic rings. The van der Waals surface area contributed by atoms with Crippen LogP contribution in [-0.4, -0.2) is 14.4 Å². The van der Waals surface area contributed by atoms with Crippen molar-refractivity contribution in [1.82, 2.24) is 14.4 Å². The third kappa shape index (κ3) is 1.08. The van der Waals surface area contributed by atoms with Crippen molar-refractivity contribution in [1.29, 1.82) is 0 Å². The summed E-state index contributed by atoms with van der Waals surface area (Å²) in [7, 11) is 0. The molecule has 0 radical (unpaired) electrons. The van der Waals surface area contributed by atoms with Crippen LogP contribution in [0.2, 0.25) is 0 Å². The van der Waals surface area contributed by atoms with Crippen LogP contribution >= 0.6 is 31.9 Å². The molecule has 12 heavy (non-hydrogen) atoms. The second kappa shape index (κ2) is 2.81. The Hall–Kier alpha value is -0.420. The van der Waals surface area contributed by atoms with Crippen LogP contribution in [0, 0.1) is 6.92 Å². The number of aryl methyl sites for hydroxylation is 1. The van der Waals surface area contributed by atoms with E-state index in [1.807, 2.05) is 17.5 Å². The van der Waals surface area contributed by atoms with Crippen LogP contribution in [-0.2, 0) is 0 Å². The van der Waals surface area contributed by atoms with Crippen molar-refractivity contribution in [3.63, 3.8) is 0 Å². The normalized spacial score (nSPS) is 10.9. The number of nitrogens with zero attached hydrogens (tertiary/aromatic N) is 3. The molecule has 0 spiro atoms. The zero-order valence-electron chi connectivity index (χ0n) is 6.25. The molecule has 62 valence electrons. The number of rotatable bonds is 0. The van der Waals surface area contributed by atoms with Crippen LogP contribution in [0.15, 0.2) is 21.6 Å². The van der Waals surface area contributed by atoms with E-state index in [1.54, 1.807) is 6.20 Å². The maximum absolute atomic E-state index is 4.22. The van der Waals surface area contributed by atoms with E-state index in [-0.39, 0.29) is 0 Å². The molecular weight excluding hydrogens is 286 g/mol. The van der Waals surface area contributed by atoms with Gasteiger partial charge in [0.1, 0.15) is 4.60 Å². The lowest BCUT2D eigenvalue weighted by Gasteiger charge is -2.02. The Morgan fingerprint density at radius 1 is 1.33 bits per heavy atom. The first kappa shape index (κ1) is 8.19. The summed E-state index contributed by atoms with van der Waals surface area (Å²) in [6.45, 7) is 1.98. The van der Waals surface area contributed by atoms with Crippen LogP contribution in [0.4, 0.5) is 0 Å². The van der Waals surface area contributed by atoms with Crippen molar-refractivity contribution in [3.8, 4) is 0 Å². The van der Waals surface area contributed by atoms with Crippen LogP contribution < -0.4 is 0 Å². The van der Waals surface area contributed by atoms with Crippen LogP contribution in [0.5, 0.6) is 0 Å². The summed E-state index contributed by atoms with van der Waals surface area (Å²) < 4.78 is 3.56.